The van der Waals surface area contributed by atoms with Crippen molar-refractivity contribution in [1.82, 2.24) is 24.4 Å². The Labute approximate surface area is 235 Å². The summed E-state index contributed by atoms with van der Waals surface area (Å²) in [7, 11) is 3.81. The van der Waals surface area contributed by atoms with Crippen molar-refractivity contribution in [2.45, 2.75) is 0 Å². The van der Waals surface area contributed by atoms with Crippen LogP contribution in [-0.2, 0) is 7.05 Å². The van der Waals surface area contributed by atoms with Crippen molar-refractivity contribution in [1.29, 1.82) is 0 Å². The van der Waals surface area contributed by atoms with Gasteiger partial charge in [-0.2, -0.15) is 9.37 Å². The number of nitrogens with one attached hydrogen (secondary N) is 1. The number of halogens is 2. The second kappa shape index (κ2) is 10.7. The smallest absolute Gasteiger partial charge is 0.259 e. The molecule has 0 atom stereocenters. The molecule has 1 aliphatic heterocycles. The van der Waals surface area contributed by atoms with Crippen LogP contribution in [0.5, 0.6) is 0 Å². The summed E-state index contributed by atoms with van der Waals surface area (Å²) in [5.41, 5.74) is 4.14. The van der Waals surface area contributed by atoms with E-state index in [0.29, 0.717) is 44.3 Å². The van der Waals surface area contributed by atoms with E-state index >= 15 is 0 Å². The topological polar surface area (TPSA) is 79.2 Å². The number of hydrogen-bond donors (Lipinski definition) is 1. The summed E-state index contributed by atoms with van der Waals surface area (Å²) in [5, 5.41) is 4.26. The third kappa shape index (κ3) is 5.01. The summed E-state index contributed by atoms with van der Waals surface area (Å²) < 4.78 is 15.7. The lowest BCUT2D eigenvalue weighted by Crippen LogP contribution is -2.44. The van der Waals surface area contributed by atoms with E-state index in [1.807, 2.05) is 12.1 Å². The van der Waals surface area contributed by atoms with E-state index in [1.165, 1.54) is 16.5 Å². The Hall–Kier alpha value is -4.34. The van der Waals surface area contributed by atoms with Crippen molar-refractivity contribution in [2.75, 3.05) is 43.4 Å². The number of aromatic nitrogens is 4. The van der Waals surface area contributed by atoms with Crippen LogP contribution in [0.1, 0.15) is 0 Å². The molecule has 1 saturated heterocycles. The molecule has 0 spiro atoms. The summed E-state index contributed by atoms with van der Waals surface area (Å²) in [5.74, 6) is -0.191. The van der Waals surface area contributed by atoms with E-state index in [4.69, 9.17) is 11.6 Å². The maximum atomic E-state index is 14.2. The van der Waals surface area contributed by atoms with Gasteiger partial charge < -0.3 is 15.1 Å². The third-order valence-electron chi connectivity index (χ3n) is 7.27. The number of fused-ring (bicyclic) bond motifs is 1. The summed E-state index contributed by atoms with van der Waals surface area (Å²) in [6, 6.07) is 18.3. The molecule has 8 nitrogen and oxygen atoms in total. The van der Waals surface area contributed by atoms with Crippen molar-refractivity contribution in [2.24, 2.45) is 7.05 Å². The molecule has 6 rings (SSSR count). The van der Waals surface area contributed by atoms with Gasteiger partial charge in [-0.1, -0.05) is 23.7 Å². The Morgan fingerprint density at radius 3 is 2.40 bits per heavy atom. The molecule has 10 heteroatoms. The van der Waals surface area contributed by atoms with E-state index in [9.17, 15) is 9.18 Å². The molecule has 4 heterocycles. The lowest BCUT2D eigenvalue weighted by molar-refractivity contribution is 0.313. The zero-order valence-corrected chi connectivity index (χ0v) is 22.9. The van der Waals surface area contributed by atoms with Gasteiger partial charge in [0.25, 0.3) is 5.56 Å². The second-order valence-electron chi connectivity index (χ2n) is 9.89. The minimum absolute atomic E-state index is 0.254. The van der Waals surface area contributed by atoms with Crippen molar-refractivity contribution in [3.05, 3.63) is 94.4 Å². The van der Waals surface area contributed by atoms with Gasteiger partial charge >= 0.3 is 0 Å². The minimum Gasteiger partial charge on any atom is -0.369 e. The minimum atomic E-state index is -0.583. The number of pyridine rings is 2. The first-order valence-electron chi connectivity index (χ1n) is 13.0. The predicted molar refractivity (Wildman–Crippen MR) is 158 cm³/mol. The zero-order chi connectivity index (χ0) is 27.8. The molecule has 1 aliphatic rings. The van der Waals surface area contributed by atoms with Crippen LogP contribution in [0.2, 0.25) is 5.02 Å². The lowest BCUT2D eigenvalue weighted by Gasteiger charge is -2.34. The van der Waals surface area contributed by atoms with Gasteiger partial charge in [0.1, 0.15) is 5.65 Å². The van der Waals surface area contributed by atoms with Gasteiger partial charge in [0.2, 0.25) is 11.9 Å². The third-order valence-corrected chi connectivity index (χ3v) is 7.58. The summed E-state index contributed by atoms with van der Waals surface area (Å²) in [4.78, 5) is 30.9. The Bertz CT molecular complexity index is 1770. The first kappa shape index (κ1) is 25.9. The average Bonchev–Trinajstić information content (AvgIpc) is 2.96. The highest BCUT2D eigenvalue weighted by Crippen LogP contribution is 2.32. The number of hydrogen-bond acceptors (Lipinski definition) is 7. The summed E-state index contributed by atoms with van der Waals surface area (Å²) >= 11 is 6.59. The van der Waals surface area contributed by atoms with Crippen molar-refractivity contribution < 1.29 is 4.39 Å². The number of aryl methyl sites for hydroxylation is 1. The molecule has 202 valence electrons. The number of rotatable bonds is 5. The maximum absolute atomic E-state index is 14.2. The van der Waals surface area contributed by atoms with Crippen LogP contribution in [0, 0.1) is 5.95 Å². The maximum Gasteiger partial charge on any atom is 0.259 e. The molecular weight excluding hydrogens is 529 g/mol. The lowest BCUT2D eigenvalue weighted by atomic mass is 10.0. The van der Waals surface area contributed by atoms with E-state index < -0.39 is 5.95 Å². The molecule has 0 radical (unpaired) electrons. The van der Waals surface area contributed by atoms with Gasteiger partial charge in [-0.25, -0.2) is 9.97 Å². The zero-order valence-electron chi connectivity index (χ0n) is 22.1. The van der Waals surface area contributed by atoms with Crippen LogP contribution < -0.4 is 15.8 Å². The molecular formula is C30H27ClFN7O. The first-order chi connectivity index (χ1) is 19.4. The summed E-state index contributed by atoms with van der Waals surface area (Å²) in [6.45, 7) is 4.11. The fourth-order valence-electron chi connectivity index (χ4n) is 4.95. The largest absolute Gasteiger partial charge is 0.369 e. The fourth-order valence-corrected chi connectivity index (χ4v) is 5.23. The van der Waals surface area contributed by atoms with Crippen LogP contribution in [0.15, 0.2) is 77.9 Å². The molecule has 0 bridgehead atoms. The highest BCUT2D eigenvalue weighted by Gasteiger charge is 2.16. The van der Waals surface area contributed by atoms with Crippen LogP contribution in [0.25, 0.3) is 33.3 Å². The molecule has 2 aromatic carbocycles. The number of piperazine rings is 1. The SMILES string of the molecule is CN1CCN(c2ccc(Nc3ncc4cc(-c5ccc(-c6cccnc6F)cc5Cl)c(=O)n(C)c4n3)cc2)CC1. The molecule has 1 fully saturated rings. The number of likely N-dealkylation sites (N-methyl/N-ethyl adjacent to an activating group) is 1. The van der Waals surface area contributed by atoms with Gasteiger partial charge in [-0.15, -0.1) is 0 Å². The van der Waals surface area contributed by atoms with Gasteiger partial charge in [-0.3, -0.25) is 9.36 Å². The van der Waals surface area contributed by atoms with Crippen LogP contribution >= 0.6 is 11.6 Å². The van der Waals surface area contributed by atoms with Gasteiger partial charge in [0.15, 0.2) is 0 Å². The van der Waals surface area contributed by atoms with Crippen LogP contribution in [-0.4, -0.2) is 57.6 Å². The van der Waals surface area contributed by atoms with Crippen molar-refractivity contribution in [3.63, 3.8) is 0 Å². The Kier molecular flexibility index (Phi) is 6.91. The van der Waals surface area contributed by atoms with Crippen molar-refractivity contribution in [3.8, 4) is 22.3 Å². The van der Waals surface area contributed by atoms with E-state index in [0.717, 1.165) is 31.9 Å². The standard InChI is InChI=1S/C30H27ClFN7O/c1-37-12-14-39(15-13-37)22-8-6-21(7-9-22)35-30-34-18-20-16-25(29(40)38(2)28(20)36-30)24-10-5-19(17-26(24)31)23-4-3-11-33-27(23)32/h3-11,16-18H,12-15H2,1-2H3,(H,34,35,36). The molecule has 5 aromatic rings. The predicted octanol–water partition coefficient (Wildman–Crippen LogP) is 5.35. The van der Waals surface area contributed by atoms with Gasteiger partial charge in [0.05, 0.1) is 0 Å². The Morgan fingerprint density at radius 1 is 0.900 bits per heavy atom. The van der Waals surface area contributed by atoms with Crippen LogP contribution in [0.3, 0.4) is 0 Å². The average molecular weight is 556 g/mol. The first-order valence-corrected chi connectivity index (χ1v) is 13.3. The van der Waals surface area contributed by atoms with E-state index in [-0.39, 0.29) is 5.56 Å². The highest BCUT2D eigenvalue weighted by atomic mass is 35.5. The quantitative estimate of drug-likeness (QED) is 0.293. The molecule has 3 aromatic heterocycles. The van der Waals surface area contributed by atoms with E-state index in [2.05, 4.69) is 49.2 Å². The monoisotopic (exact) mass is 555 g/mol. The van der Waals surface area contributed by atoms with Crippen molar-refractivity contribution >= 4 is 40.0 Å². The fraction of sp³-hybridized carbons (Fsp3) is 0.200. The number of benzene rings is 2. The highest BCUT2D eigenvalue weighted by molar-refractivity contribution is 6.33. The molecule has 0 amide bonds. The molecule has 1 N–H and O–H groups in total. The summed E-state index contributed by atoms with van der Waals surface area (Å²) in [6.07, 6.45) is 3.07. The molecule has 0 unspecified atom stereocenters. The number of nitrogens with zero attached hydrogens (tertiary/aromatic N) is 6. The normalized spacial score (nSPS) is 14.1. The van der Waals surface area contributed by atoms with Crippen LogP contribution in [0.4, 0.5) is 21.7 Å². The Balaban J connectivity index is 1.26. The van der Waals surface area contributed by atoms with E-state index in [1.54, 1.807) is 49.6 Å². The second-order valence-corrected chi connectivity index (χ2v) is 10.3. The molecule has 40 heavy (non-hydrogen) atoms. The number of anilines is 3. The Morgan fingerprint density at radius 2 is 1.68 bits per heavy atom. The van der Waals surface area contributed by atoms with Gasteiger partial charge in [-0.05, 0) is 61.1 Å². The van der Waals surface area contributed by atoms with Gasteiger partial charge in [0, 0.05) is 84.1 Å². The molecule has 0 aliphatic carbocycles. The molecule has 0 saturated carbocycles.